The van der Waals surface area contributed by atoms with Gasteiger partial charge in [-0.2, -0.15) is 0 Å². The molecule has 0 atom stereocenters. The molecule has 1 N–H and O–H groups in total. The third-order valence-electron chi connectivity index (χ3n) is 3.36. The van der Waals surface area contributed by atoms with Gasteiger partial charge in [-0.3, -0.25) is 0 Å². The molecule has 0 saturated heterocycles. The predicted octanol–water partition coefficient (Wildman–Crippen LogP) is 2.54. The molecule has 0 radical (unpaired) electrons. The normalized spacial score (nSPS) is 13.2. The highest BCUT2D eigenvalue weighted by molar-refractivity contribution is 6.67. The molecule has 3 rings (SSSR count). The van der Waals surface area contributed by atoms with Gasteiger partial charge in [0, 0.05) is 0 Å². The van der Waals surface area contributed by atoms with Crippen LogP contribution in [-0.2, 0) is 11.3 Å². The van der Waals surface area contributed by atoms with Crippen molar-refractivity contribution < 1.29 is 19.3 Å². The number of carboxylic acids is 1. The summed E-state index contributed by atoms with van der Waals surface area (Å²) in [6.07, 6.45) is 0. The fourth-order valence-corrected chi connectivity index (χ4v) is 2.30. The van der Waals surface area contributed by atoms with Crippen molar-refractivity contribution in [2.45, 2.75) is 13.4 Å². The molecule has 5 heteroatoms. The first-order chi connectivity index (χ1) is 9.63. The van der Waals surface area contributed by atoms with E-state index in [1.807, 2.05) is 25.0 Å². The molecule has 2 aromatic rings. The van der Waals surface area contributed by atoms with Crippen LogP contribution in [-0.4, -0.2) is 18.0 Å². The molecule has 0 bridgehead atoms. The second-order valence-electron chi connectivity index (χ2n) is 4.75. The maximum atomic E-state index is 10.9. The van der Waals surface area contributed by atoms with E-state index >= 15 is 0 Å². The van der Waals surface area contributed by atoms with E-state index in [4.69, 9.17) is 14.5 Å². The zero-order valence-electron chi connectivity index (χ0n) is 11.0. The van der Waals surface area contributed by atoms with Gasteiger partial charge in [0.25, 0.3) is 0 Å². The number of ether oxygens (including phenoxy) is 1. The fourth-order valence-electron chi connectivity index (χ4n) is 2.30. The number of fused-ring (bicyclic) bond motifs is 1. The van der Waals surface area contributed by atoms with Crippen LogP contribution in [0.3, 0.4) is 0 Å². The molecule has 100 valence electrons. The first kappa shape index (κ1) is 12.8. The van der Waals surface area contributed by atoms with Crippen LogP contribution in [0.1, 0.15) is 15.9 Å². The topological polar surface area (TPSA) is 55.8 Å². The van der Waals surface area contributed by atoms with E-state index in [1.165, 1.54) is 17.6 Å². The molecule has 20 heavy (non-hydrogen) atoms. The molecule has 0 amide bonds. The van der Waals surface area contributed by atoms with E-state index in [2.05, 4.69) is 0 Å². The van der Waals surface area contributed by atoms with Gasteiger partial charge in [-0.15, -0.1) is 0 Å². The summed E-state index contributed by atoms with van der Waals surface area (Å²) < 4.78 is 11.3. The van der Waals surface area contributed by atoms with Crippen LogP contribution in [0.4, 0.5) is 0 Å². The number of rotatable bonds is 3. The highest BCUT2D eigenvalue weighted by Crippen LogP contribution is 2.24. The van der Waals surface area contributed by atoms with Gasteiger partial charge in [-0.1, -0.05) is 19.0 Å². The van der Waals surface area contributed by atoms with Gasteiger partial charge >= 0.3 is 12.9 Å². The predicted molar refractivity (Wildman–Crippen MR) is 76.0 cm³/mol. The van der Waals surface area contributed by atoms with Gasteiger partial charge in [0.1, 0.15) is 11.5 Å². The van der Waals surface area contributed by atoms with Crippen molar-refractivity contribution in [3.63, 3.8) is 0 Å². The van der Waals surface area contributed by atoms with Gasteiger partial charge in [0.05, 0.1) is 12.2 Å². The summed E-state index contributed by atoms with van der Waals surface area (Å²) >= 11 is 0. The molecule has 0 saturated carbocycles. The Hall–Kier alpha value is -2.27. The Morgan fingerprint density at radius 1 is 1.25 bits per heavy atom. The van der Waals surface area contributed by atoms with Crippen molar-refractivity contribution in [1.82, 2.24) is 0 Å². The quantitative estimate of drug-likeness (QED) is 0.869. The number of benzene rings is 2. The lowest BCUT2D eigenvalue weighted by Crippen LogP contribution is -2.23. The van der Waals surface area contributed by atoms with E-state index in [-0.39, 0.29) is 12.5 Å². The Morgan fingerprint density at radius 3 is 2.85 bits per heavy atom. The molecular weight excluding hydrogens is 255 g/mol. The fraction of sp³-hybridized carbons (Fsp3) is 0.133. The molecule has 0 spiro atoms. The van der Waals surface area contributed by atoms with Crippen LogP contribution in [0.5, 0.6) is 11.5 Å². The first-order valence-corrected chi connectivity index (χ1v) is 6.39. The minimum Gasteiger partial charge on any atom is -0.478 e. The summed E-state index contributed by atoms with van der Waals surface area (Å²) in [5.41, 5.74) is 2.50. The largest absolute Gasteiger partial charge is 0.478 e. The average Bonchev–Trinajstić information content (AvgIpc) is 2.80. The van der Waals surface area contributed by atoms with E-state index < -0.39 is 5.97 Å². The summed E-state index contributed by atoms with van der Waals surface area (Å²) in [5, 5.41) is 8.96. The van der Waals surface area contributed by atoms with E-state index in [0.717, 1.165) is 5.56 Å². The van der Waals surface area contributed by atoms with Crippen LogP contribution in [0, 0.1) is 0 Å². The number of carboxylic acid groups (broad SMARTS) is 1. The SMILES string of the molecule is CB1OCc2cc(Oc3cccc(C(=O)O)c3)ccc21. The Balaban J connectivity index is 1.85. The minimum atomic E-state index is -0.966. The smallest absolute Gasteiger partial charge is 0.335 e. The monoisotopic (exact) mass is 268 g/mol. The molecule has 4 nitrogen and oxygen atoms in total. The first-order valence-electron chi connectivity index (χ1n) is 6.39. The van der Waals surface area contributed by atoms with Gasteiger partial charge in [0.2, 0.25) is 0 Å². The second kappa shape index (κ2) is 5.02. The molecular formula is C15H13BO4. The zero-order chi connectivity index (χ0) is 14.1. The van der Waals surface area contributed by atoms with Crippen molar-refractivity contribution in [3.05, 3.63) is 53.6 Å². The third-order valence-corrected chi connectivity index (χ3v) is 3.36. The van der Waals surface area contributed by atoms with Crippen molar-refractivity contribution in [2.75, 3.05) is 0 Å². The molecule has 1 aliphatic heterocycles. The van der Waals surface area contributed by atoms with Crippen LogP contribution < -0.4 is 10.2 Å². The third kappa shape index (κ3) is 2.40. The average molecular weight is 268 g/mol. The minimum absolute atomic E-state index is 0.120. The van der Waals surface area contributed by atoms with Crippen molar-refractivity contribution in [3.8, 4) is 11.5 Å². The van der Waals surface area contributed by atoms with E-state index in [0.29, 0.717) is 18.1 Å². The van der Waals surface area contributed by atoms with Crippen molar-refractivity contribution in [2.24, 2.45) is 0 Å². The second-order valence-corrected chi connectivity index (χ2v) is 4.75. The Morgan fingerprint density at radius 2 is 2.05 bits per heavy atom. The summed E-state index contributed by atoms with van der Waals surface area (Å²) in [4.78, 5) is 10.9. The molecule has 2 aromatic carbocycles. The van der Waals surface area contributed by atoms with Crippen LogP contribution >= 0.6 is 0 Å². The van der Waals surface area contributed by atoms with E-state index in [1.54, 1.807) is 12.1 Å². The molecule has 0 aromatic heterocycles. The lowest BCUT2D eigenvalue weighted by atomic mass is 9.64. The van der Waals surface area contributed by atoms with Gasteiger partial charge in [-0.05, 0) is 41.4 Å². The Labute approximate surface area is 117 Å². The number of carbonyl (C=O) groups is 1. The van der Waals surface area contributed by atoms with Gasteiger partial charge < -0.3 is 14.5 Å². The summed E-state index contributed by atoms with van der Waals surface area (Å²) in [5.74, 6) is 0.229. The number of hydrogen-bond acceptors (Lipinski definition) is 3. The van der Waals surface area contributed by atoms with Crippen molar-refractivity contribution in [1.29, 1.82) is 0 Å². The maximum Gasteiger partial charge on any atom is 0.335 e. The highest BCUT2D eigenvalue weighted by Gasteiger charge is 2.23. The van der Waals surface area contributed by atoms with Gasteiger partial charge in [-0.25, -0.2) is 4.79 Å². The Bertz CT molecular complexity index is 669. The molecule has 1 heterocycles. The van der Waals surface area contributed by atoms with Gasteiger partial charge in [0.15, 0.2) is 0 Å². The lowest BCUT2D eigenvalue weighted by molar-refractivity contribution is 0.0696. The van der Waals surface area contributed by atoms with E-state index in [9.17, 15) is 4.79 Å². The molecule has 0 unspecified atom stereocenters. The molecule has 0 aliphatic carbocycles. The maximum absolute atomic E-state index is 10.9. The van der Waals surface area contributed by atoms with Crippen LogP contribution in [0.2, 0.25) is 6.82 Å². The zero-order valence-corrected chi connectivity index (χ0v) is 11.0. The standard InChI is InChI=1S/C15H13BO4/c1-16-14-6-5-13(8-11(14)9-19-16)20-12-4-2-3-10(7-12)15(17)18/h2-8H,9H2,1H3,(H,17,18). The summed E-state index contributed by atoms with van der Waals surface area (Å²) in [6.45, 7) is 2.72. The van der Waals surface area contributed by atoms with Crippen LogP contribution in [0.25, 0.3) is 0 Å². The summed E-state index contributed by atoms with van der Waals surface area (Å²) in [7, 11) is 0. The van der Waals surface area contributed by atoms with Crippen LogP contribution in [0.15, 0.2) is 42.5 Å². The lowest BCUT2D eigenvalue weighted by Gasteiger charge is -2.08. The summed E-state index contributed by atoms with van der Waals surface area (Å²) in [6, 6.07) is 12.2. The number of hydrogen-bond donors (Lipinski definition) is 1. The van der Waals surface area contributed by atoms with Crippen molar-refractivity contribution >= 4 is 18.3 Å². The molecule has 1 aliphatic rings. The Kier molecular flexibility index (Phi) is 3.20. The molecule has 0 fully saturated rings. The highest BCUT2D eigenvalue weighted by atomic mass is 16.5. The number of aromatic carboxylic acids is 1.